The Labute approximate surface area is 125 Å². The van der Waals surface area contributed by atoms with Crippen LogP contribution in [0.1, 0.15) is 46.0 Å². The molecule has 4 nitrogen and oxygen atoms in total. The van der Waals surface area contributed by atoms with E-state index in [0.29, 0.717) is 11.5 Å². The van der Waals surface area contributed by atoms with Gasteiger partial charge in [-0.15, -0.1) is 0 Å². The van der Waals surface area contributed by atoms with Crippen molar-refractivity contribution in [3.05, 3.63) is 22.8 Å². The number of hydrogen-bond acceptors (Lipinski definition) is 4. The second-order valence-electron chi connectivity index (χ2n) is 4.21. The molecule has 0 N–H and O–H groups in total. The third kappa shape index (κ3) is 8.00. The molecule has 0 spiro atoms. The van der Waals surface area contributed by atoms with Crippen molar-refractivity contribution in [2.45, 2.75) is 46.0 Å². The maximum atomic E-state index is 11.6. The first-order valence-electron chi connectivity index (χ1n) is 6.88. The Morgan fingerprint density at radius 2 is 1.80 bits per heavy atom. The molecule has 0 aromatic heterocycles. The first-order valence-corrected chi connectivity index (χ1v) is 7.26. The van der Waals surface area contributed by atoms with Gasteiger partial charge in [-0.1, -0.05) is 37.8 Å². The van der Waals surface area contributed by atoms with Gasteiger partial charge in [-0.25, -0.2) is 9.59 Å². The lowest BCUT2D eigenvalue weighted by Crippen LogP contribution is -2.06. The zero-order chi connectivity index (χ0) is 15.4. The molecule has 0 heterocycles. The number of hydrogen-bond donors (Lipinski definition) is 0. The SMILES string of the molecule is CCCCCC/C(Cl)=C(/C=C/C(=O)OCC)C(=O)OC. The van der Waals surface area contributed by atoms with Crippen molar-refractivity contribution in [2.24, 2.45) is 0 Å². The molecule has 114 valence electrons. The summed E-state index contributed by atoms with van der Waals surface area (Å²) in [5.41, 5.74) is 0.207. The van der Waals surface area contributed by atoms with Gasteiger partial charge in [0.15, 0.2) is 0 Å². The normalized spacial score (nSPS) is 12.2. The Morgan fingerprint density at radius 3 is 2.35 bits per heavy atom. The second-order valence-corrected chi connectivity index (χ2v) is 4.66. The van der Waals surface area contributed by atoms with Crippen LogP contribution in [0.2, 0.25) is 0 Å². The summed E-state index contributed by atoms with van der Waals surface area (Å²) in [7, 11) is 1.28. The first kappa shape index (κ1) is 18.7. The molecule has 0 rings (SSSR count). The minimum atomic E-state index is -0.550. The number of carbonyl (C=O) groups is 2. The highest BCUT2D eigenvalue weighted by molar-refractivity contribution is 6.32. The van der Waals surface area contributed by atoms with Gasteiger partial charge in [0.2, 0.25) is 0 Å². The molecule has 0 saturated heterocycles. The Balaban J connectivity index is 4.76. The summed E-state index contributed by atoms with van der Waals surface area (Å²) in [5, 5.41) is 0.411. The van der Waals surface area contributed by atoms with Gasteiger partial charge in [-0.2, -0.15) is 0 Å². The predicted octanol–water partition coefficient (Wildman–Crippen LogP) is 3.74. The molecule has 0 unspecified atom stereocenters. The van der Waals surface area contributed by atoms with E-state index in [-0.39, 0.29) is 12.2 Å². The number of methoxy groups -OCH3 is 1. The number of rotatable bonds is 9. The molecule has 5 heteroatoms. The average Bonchev–Trinajstić information content (AvgIpc) is 2.43. The van der Waals surface area contributed by atoms with Crippen LogP contribution in [0.25, 0.3) is 0 Å². The third-order valence-electron chi connectivity index (χ3n) is 2.62. The third-order valence-corrected chi connectivity index (χ3v) is 3.01. The van der Waals surface area contributed by atoms with Gasteiger partial charge in [-0.05, 0) is 25.8 Å². The van der Waals surface area contributed by atoms with E-state index in [9.17, 15) is 9.59 Å². The predicted molar refractivity (Wildman–Crippen MR) is 79.4 cm³/mol. The summed E-state index contributed by atoms with van der Waals surface area (Å²) in [6.45, 7) is 4.12. The maximum Gasteiger partial charge on any atom is 0.339 e. The molecule has 0 aromatic rings. The van der Waals surface area contributed by atoms with Crippen molar-refractivity contribution in [2.75, 3.05) is 13.7 Å². The zero-order valence-corrected chi connectivity index (χ0v) is 13.2. The molecule has 0 bridgehead atoms. The van der Waals surface area contributed by atoms with Crippen molar-refractivity contribution < 1.29 is 19.1 Å². The van der Waals surface area contributed by atoms with E-state index in [4.69, 9.17) is 16.3 Å². The molecule has 0 saturated carbocycles. The van der Waals surface area contributed by atoms with E-state index in [1.807, 2.05) is 0 Å². The van der Waals surface area contributed by atoms with Crippen molar-refractivity contribution >= 4 is 23.5 Å². The Morgan fingerprint density at radius 1 is 1.10 bits per heavy atom. The maximum absolute atomic E-state index is 11.6. The summed E-state index contributed by atoms with van der Waals surface area (Å²) in [4.78, 5) is 22.9. The Bertz CT molecular complexity index is 372. The van der Waals surface area contributed by atoms with Gasteiger partial charge < -0.3 is 9.47 Å². The fraction of sp³-hybridized carbons (Fsp3) is 0.600. The van der Waals surface area contributed by atoms with Crippen LogP contribution in [0.5, 0.6) is 0 Å². The van der Waals surface area contributed by atoms with Crippen molar-refractivity contribution in [3.8, 4) is 0 Å². The number of unbranched alkanes of at least 4 members (excludes halogenated alkanes) is 3. The fourth-order valence-electron chi connectivity index (χ4n) is 1.56. The van der Waals surface area contributed by atoms with Crippen LogP contribution < -0.4 is 0 Å². The highest BCUT2D eigenvalue weighted by Gasteiger charge is 2.12. The number of esters is 2. The molecule has 20 heavy (non-hydrogen) atoms. The summed E-state index contributed by atoms with van der Waals surface area (Å²) in [6, 6.07) is 0. The highest BCUT2D eigenvalue weighted by Crippen LogP contribution is 2.20. The van der Waals surface area contributed by atoms with Crippen LogP contribution in [-0.2, 0) is 19.1 Å². The average molecular weight is 303 g/mol. The van der Waals surface area contributed by atoms with Crippen LogP contribution in [0.15, 0.2) is 22.8 Å². The number of allylic oxidation sites excluding steroid dienone is 1. The number of carbonyl (C=O) groups excluding carboxylic acids is 2. The minimum absolute atomic E-state index is 0.207. The molecule has 0 aromatic carbocycles. The topological polar surface area (TPSA) is 52.6 Å². The summed E-state index contributed by atoms with van der Waals surface area (Å²) < 4.78 is 9.42. The molecule has 0 aliphatic heterocycles. The standard InChI is InChI=1S/C15H23ClO4/c1-4-6-7-8-9-13(16)12(15(18)19-3)10-11-14(17)20-5-2/h10-11H,4-9H2,1-3H3/b11-10+,13-12+. The van der Waals surface area contributed by atoms with E-state index in [1.54, 1.807) is 6.92 Å². The van der Waals surface area contributed by atoms with Gasteiger partial charge in [0.05, 0.1) is 19.3 Å². The fourth-order valence-corrected chi connectivity index (χ4v) is 1.84. The lowest BCUT2D eigenvalue weighted by atomic mass is 10.1. The van der Waals surface area contributed by atoms with Crippen LogP contribution >= 0.6 is 11.6 Å². The van der Waals surface area contributed by atoms with Crippen molar-refractivity contribution in [3.63, 3.8) is 0 Å². The summed E-state index contributed by atoms with van der Waals surface area (Å²) in [6.07, 6.45) is 7.36. The molecule has 0 atom stereocenters. The van der Waals surface area contributed by atoms with Crippen molar-refractivity contribution in [1.82, 2.24) is 0 Å². The molecule has 0 aliphatic carbocycles. The van der Waals surface area contributed by atoms with Gasteiger partial charge in [0.1, 0.15) is 0 Å². The van der Waals surface area contributed by atoms with E-state index >= 15 is 0 Å². The smallest absolute Gasteiger partial charge is 0.339 e. The molecule has 0 radical (unpaired) electrons. The van der Waals surface area contributed by atoms with Crippen LogP contribution in [0.4, 0.5) is 0 Å². The van der Waals surface area contributed by atoms with Crippen molar-refractivity contribution in [1.29, 1.82) is 0 Å². The highest BCUT2D eigenvalue weighted by atomic mass is 35.5. The first-order chi connectivity index (χ1) is 9.56. The Hall–Kier alpha value is -1.29. The lowest BCUT2D eigenvalue weighted by Gasteiger charge is -2.05. The number of halogens is 1. The quantitative estimate of drug-likeness (QED) is 0.282. The molecule has 0 fully saturated rings. The number of ether oxygens (including phenoxy) is 2. The minimum Gasteiger partial charge on any atom is -0.465 e. The van der Waals surface area contributed by atoms with Crippen LogP contribution in [0, 0.1) is 0 Å². The van der Waals surface area contributed by atoms with Crippen LogP contribution in [-0.4, -0.2) is 25.7 Å². The van der Waals surface area contributed by atoms with Gasteiger partial charge in [0, 0.05) is 11.1 Å². The lowest BCUT2D eigenvalue weighted by molar-refractivity contribution is -0.137. The molecular formula is C15H23ClO4. The van der Waals surface area contributed by atoms with Gasteiger partial charge >= 0.3 is 11.9 Å². The molecular weight excluding hydrogens is 280 g/mol. The zero-order valence-electron chi connectivity index (χ0n) is 12.4. The largest absolute Gasteiger partial charge is 0.465 e. The van der Waals surface area contributed by atoms with E-state index in [0.717, 1.165) is 25.7 Å². The van der Waals surface area contributed by atoms with Gasteiger partial charge in [-0.3, -0.25) is 0 Å². The monoisotopic (exact) mass is 302 g/mol. The van der Waals surface area contributed by atoms with Gasteiger partial charge in [0.25, 0.3) is 0 Å². The summed E-state index contributed by atoms with van der Waals surface area (Å²) in [5.74, 6) is -1.06. The molecule has 0 amide bonds. The second kappa shape index (κ2) is 11.5. The Kier molecular flexibility index (Phi) is 10.8. The molecule has 0 aliphatic rings. The van der Waals surface area contributed by atoms with Crippen LogP contribution in [0.3, 0.4) is 0 Å². The van der Waals surface area contributed by atoms with E-state index < -0.39 is 11.9 Å². The summed E-state index contributed by atoms with van der Waals surface area (Å²) >= 11 is 6.14. The van der Waals surface area contributed by atoms with E-state index in [1.165, 1.54) is 19.3 Å². The van der Waals surface area contributed by atoms with E-state index in [2.05, 4.69) is 11.7 Å².